The predicted octanol–water partition coefficient (Wildman–Crippen LogP) is 9.87. The summed E-state index contributed by atoms with van der Waals surface area (Å²) >= 11 is 7.87. The van der Waals surface area contributed by atoms with E-state index in [9.17, 15) is 0 Å². The quantitative estimate of drug-likeness (QED) is 0.309. The van der Waals surface area contributed by atoms with Gasteiger partial charge in [0.25, 0.3) is 0 Å². The average molecular weight is 620 g/mol. The predicted molar refractivity (Wildman–Crippen MR) is 167 cm³/mol. The van der Waals surface area contributed by atoms with E-state index in [0.29, 0.717) is 12.1 Å². The number of allylic oxidation sites excluding steroid dienone is 4. The van der Waals surface area contributed by atoms with E-state index in [0.717, 1.165) is 0 Å². The van der Waals surface area contributed by atoms with Gasteiger partial charge >= 0.3 is 0 Å². The highest BCUT2D eigenvalue weighted by atomic mass is 79.9. The first kappa shape index (κ1) is 25.2. The molecule has 2 atom stereocenters. The molecule has 0 aromatic heterocycles. The number of rotatable bonds is 2. The van der Waals surface area contributed by atoms with E-state index in [4.69, 9.17) is 0 Å². The van der Waals surface area contributed by atoms with Crippen LogP contribution in [0.5, 0.6) is 0 Å². The van der Waals surface area contributed by atoms with Crippen molar-refractivity contribution in [2.24, 2.45) is 0 Å². The van der Waals surface area contributed by atoms with Gasteiger partial charge in [-0.2, -0.15) is 0 Å². The number of hydrogen-bond donors (Lipinski definition) is 0. The third kappa shape index (κ3) is 3.09. The van der Waals surface area contributed by atoms with Crippen LogP contribution in [0.15, 0.2) is 57.7 Å². The zero-order valence-corrected chi connectivity index (χ0v) is 26.8. The standard InChI is InChI=1S/C33H36Br2N2/c1-15-11-27-23(29-19(5)17(3)21(7)31(29)36(27)34)13-25(15)33(9,10)26-14-24-28(12-16(26)2)37(35)32-22(8)18(4)20(6)30(24)32/h11-14,31-32H,1-10H3. The lowest BCUT2D eigenvalue weighted by molar-refractivity contribution is 0.631. The van der Waals surface area contributed by atoms with Gasteiger partial charge < -0.3 is 0 Å². The van der Waals surface area contributed by atoms with Crippen molar-refractivity contribution in [3.8, 4) is 0 Å². The Morgan fingerprint density at radius 2 is 0.919 bits per heavy atom. The molecular formula is C33H36Br2N2. The smallest absolute Gasteiger partial charge is 0.0879 e. The van der Waals surface area contributed by atoms with Crippen molar-refractivity contribution in [3.05, 3.63) is 91.1 Å². The molecule has 2 aliphatic heterocycles. The minimum atomic E-state index is -0.141. The first-order chi connectivity index (χ1) is 17.3. The van der Waals surface area contributed by atoms with Gasteiger partial charge in [-0.25, -0.2) is 0 Å². The highest BCUT2D eigenvalue weighted by Crippen LogP contribution is 2.55. The Morgan fingerprint density at radius 1 is 0.568 bits per heavy atom. The van der Waals surface area contributed by atoms with Crippen LogP contribution in [0.1, 0.15) is 88.8 Å². The molecule has 0 spiro atoms. The molecule has 2 aromatic rings. The highest BCUT2D eigenvalue weighted by molar-refractivity contribution is 9.10. The maximum Gasteiger partial charge on any atom is 0.0879 e. The van der Waals surface area contributed by atoms with Crippen molar-refractivity contribution >= 4 is 54.8 Å². The molecule has 2 nitrogen and oxygen atoms in total. The summed E-state index contributed by atoms with van der Waals surface area (Å²) in [5.41, 5.74) is 22.2. The lowest BCUT2D eigenvalue weighted by Gasteiger charge is -2.31. The molecule has 4 aliphatic rings. The van der Waals surface area contributed by atoms with Crippen LogP contribution >= 0.6 is 32.3 Å². The number of halogens is 2. The van der Waals surface area contributed by atoms with Gasteiger partial charge in [-0.15, -0.1) is 0 Å². The van der Waals surface area contributed by atoms with Crippen LogP contribution in [0.4, 0.5) is 11.4 Å². The zero-order valence-electron chi connectivity index (χ0n) is 23.6. The van der Waals surface area contributed by atoms with Gasteiger partial charge in [0.1, 0.15) is 0 Å². The molecule has 4 heteroatoms. The molecule has 0 radical (unpaired) electrons. The van der Waals surface area contributed by atoms with Gasteiger partial charge in [-0.05, 0) is 146 Å². The summed E-state index contributed by atoms with van der Waals surface area (Å²) in [5.74, 6) is 0. The Kier molecular flexibility index (Phi) is 5.45. The summed E-state index contributed by atoms with van der Waals surface area (Å²) in [4.78, 5) is 0. The second kappa shape index (κ2) is 7.99. The normalized spacial score (nSPS) is 22.6. The first-order valence-electron chi connectivity index (χ1n) is 13.3. The monoisotopic (exact) mass is 618 g/mol. The van der Waals surface area contributed by atoms with Gasteiger partial charge in [-0.3, -0.25) is 7.85 Å². The third-order valence-corrected chi connectivity index (χ3v) is 11.6. The van der Waals surface area contributed by atoms with Crippen LogP contribution in [-0.2, 0) is 5.41 Å². The van der Waals surface area contributed by atoms with Crippen molar-refractivity contribution in [2.75, 3.05) is 7.85 Å². The molecule has 192 valence electrons. The first-order valence-corrected chi connectivity index (χ1v) is 14.7. The second-order valence-electron chi connectivity index (χ2n) is 12.1. The van der Waals surface area contributed by atoms with E-state index in [1.807, 2.05) is 0 Å². The fraction of sp³-hybridized carbons (Fsp3) is 0.394. The lowest BCUT2D eigenvalue weighted by Crippen LogP contribution is -2.23. The van der Waals surface area contributed by atoms with E-state index < -0.39 is 0 Å². The molecule has 0 N–H and O–H groups in total. The minimum absolute atomic E-state index is 0.141. The van der Waals surface area contributed by atoms with Crippen LogP contribution in [-0.4, -0.2) is 12.1 Å². The highest BCUT2D eigenvalue weighted by Gasteiger charge is 2.43. The summed E-state index contributed by atoms with van der Waals surface area (Å²) in [5, 5.41) is 0. The van der Waals surface area contributed by atoms with E-state index in [1.54, 1.807) is 0 Å². The Balaban J connectivity index is 1.52. The van der Waals surface area contributed by atoms with Crippen molar-refractivity contribution in [2.45, 2.75) is 86.7 Å². The molecule has 2 aromatic carbocycles. The molecule has 0 bridgehead atoms. The van der Waals surface area contributed by atoms with Crippen molar-refractivity contribution < 1.29 is 0 Å². The molecule has 37 heavy (non-hydrogen) atoms. The molecule has 0 fully saturated rings. The van der Waals surface area contributed by atoms with Crippen LogP contribution in [0.25, 0.3) is 11.1 Å². The summed E-state index contributed by atoms with van der Waals surface area (Å²) < 4.78 is 4.60. The largest absolute Gasteiger partial charge is 0.297 e. The van der Waals surface area contributed by atoms with E-state index in [1.165, 1.54) is 89.3 Å². The minimum Gasteiger partial charge on any atom is -0.297 e. The number of anilines is 2. The summed E-state index contributed by atoms with van der Waals surface area (Å²) in [6, 6.07) is 10.4. The molecule has 2 heterocycles. The van der Waals surface area contributed by atoms with Crippen LogP contribution in [0.3, 0.4) is 0 Å². The van der Waals surface area contributed by atoms with Crippen molar-refractivity contribution in [1.29, 1.82) is 0 Å². The number of fused-ring (bicyclic) bond motifs is 6. The zero-order chi connectivity index (χ0) is 26.9. The van der Waals surface area contributed by atoms with Crippen LogP contribution in [0.2, 0.25) is 0 Å². The molecule has 2 unspecified atom stereocenters. The Labute approximate surface area is 239 Å². The van der Waals surface area contributed by atoms with Crippen LogP contribution < -0.4 is 7.85 Å². The van der Waals surface area contributed by atoms with Crippen molar-refractivity contribution in [1.82, 2.24) is 0 Å². The summed E-state index contributed by atoms with van der Waals surface area (Å²) in [6.07, 6.45) is 0. The van der Waals surface area contributed by atoms with Crippen molar-refractivity contribution in [3.63, 3.8) is 0 Å². The summed E-state index contributed by atoms with van der Waals surface area (Å²) in [7, 11) is 0. The topological polar surface area (TPSA) is 6.48 Å². The average Bonchev–Trinajstić information content (AvgIpc) is 3.45. The number of aryl methyl sites for hydroxylation is 2. The number of nitrogens with zero attached hydrogens (tertiary/aromatic N) is 2. The molecular weight excluding hydrogens is 584 g/mol. The maximum absolute atomic E-state index is 3.93. The van der Waals surface area contributed by atoms with E-state index in [2.05, 4.69) is 134 Å². The molecule has 2 aliphatic carbocycles. The van der Waals surface area contributed by atoms with Gasteiger partial charge in [0.15, 0.2) is 0 Å². The van der Waals surface area contributed by atoms with Gasteiger partial charge in [0.05, 0.1) is 55.8 Å². The molecule has 6 rings (SSSR count). The lowest BCUT2D eigenvalue weighted by atomic mass is 9.73. The fourth-order valence-corrected chi connectivity index (χ4v) is 9.06. The Morgan fingerprint density at radius 3 is 1.27 bits per heavy atom. The second-order valence-corrected chi connectivity index (χ2v) is 13.6. The fourth-order valence-electron chi connectivity index (χ4n) is 7.45. The number of benzene rings is 2. The van der Waals surface area contributed by atoms with E-state index in [-0.39, 0.29) is 5.41 Å². The van der Waals surface area contributed by atoms with Gasteiger partial charge in [0, 0.05) is 16.5 Å². The molecule has 0 amide bonds. The Hall–Kier alpha value is -2.04. The number of hydrogen-bond acceptors (Lipinski definition) is 2. The molecule has 0 saturated carbocycles. The third-order valence-electron chi connectivity index (χ3n) is 10.0. The SMILES string of the molecule is CC1=C(C)C2C(=C1C)c1cc(C(C)(C)c3cc4c(cc3C)N(Br)C3C(C)=C(C)C(C)=C43)c(C)cc1N2Br. The van der Waals surface area contributed by atoms with Gasteiger partial charge in [-0.1, -0.05) is 13.8 Å². The maximum atomic E-state index is 3.93. The van der Waals surface area contributed by atoms with Gasteiger partial charge in [0.2, 0.25) is 0 Å². The molecule has 0 saturated heterocycles. The van der Waals surface area contributed by atoms with Crippen LogP contribution in [0, 0.1) is 13.8 Å². The van der Waals surface area contributed by atoms with E-state index >= 15 is 0 Å². The Bertz CT molecular complexity index is 1450. The summed E-state index contributed by atoms with van der Waals surface area (Å²) in [6.45, 7) is 23.0.